The lowest BCUT2D eigenvalue weighted by Crippen LogP contribution is -2.21. The fraction of sp³-hybridized carbons (Fsp3) is 0.208. The van der Waals surface area contributed by atoms with E-state index in [-0.39, 0.29) is 17.7 Å². The number of carbonyl (C=O) groups is 2. The van der Waals surface area contributed by atoms with Gasteiger partial charge in [0.25, 0.3) is 5.91 Å². The standard InChI is InChI=1S/C24H22N4O2S/c29-23(18-8-9-18)27-22-11-10-21(31-22)24(30)25-13-16-4-3-5-17(12-16)14-28-15-26-19-6-1-2-7-20(19)28/h1-7,10-12,15,18H,8-9,13-14H2,(H,25,30)(H,27,29). The number of thiophene rings is 1. The summed E-state index contributed by atoms with van der Waals surface area (Å²) in [6.45, 7) is 1.16. The van der Waals surface area contributed by atoms with Gasteiger partial charge in [0, 0.05) is 19.0 Å². The second kappa shape index (κ2) is 8.35. The molecule has 0 unspecified atom stereocenters. The van der Waals surface area contributed by atoms with E-state index in [0.29, 0.717) is 11.4 Å². The highest BCUT2D eigenvalue weighted by molar-refractivity contribution is 7.18. The van der Waals surface area contributed by atoms with Gasteiger partial charge in [0.15, 0.2) is 0 Å². The lowest BCUT2D eigenvalue weighted by atomic mass is 10.1. The first kappa shape index (κ1) is 19.5. The Hall–Kier alpha value is -3.45. The molecule has 156 valence electrons. The van der Waals surface area contributed by atoms with Crippen LogP contribution < -0.4 is 10.6 Å². The molecule has 2 aromatic carbocycles. The smallest absolute Gasteiger partial charge is 0.261 e. The van der Waals surface area contributed by atoms with Crippen LogP contribution in [-0.2, 0) is 17.9 Å². The quantitative estimate of drug-likeness (QED) is 0.456. The van der Waals surface area contributed by atoms with E-state index in [4.69, 9.17) is 0 Å². The van der Waals surface area contributed by atoms with Gasteiger partial charge in [-0.2, -0.15) is 0 Å². The Bertz CT molecular complexity index is 1260. The van der Waals surface area contributed by atoms with Crippen LogP contribution in [0.2, 0.25) is 0 Å². The maximum Gasteiger partial charge on any atom is 0.261 e. The maximum atomic E-state index is 12.5. The third-order valence-corrected chi connectivity index (χ3v) is 6.35. The summed E-state index contributed by atoms with van der Waals surface area (Å²) in [6, 6.07) is 19.8. The van der Waals surface area contributed by atoms with Gasteiger partial charge in [-0.05, 0) is 48.2 Å². The summed E-state index contributed by atoms with van der Waals surface area (Å²) < 4.78 is 2.12. The third-order valence-electron chi connectivity index (χ3n) is 5.35. The number of carbonyl (C=O) groups excluding carboxylic acids is 2. The van der Waals surface area contributed by atoms with Crippen molar-refractivity contribution in [3.8, 4) is 0 Å². The molecule has 1 aliphatic carbocycles. The molecule has 0 saturated heterocycles. The van der Waals surface area contributed by atoms with E-state index in [1.165, 1.54) is 11.3 Å². The highest BCUT2D eigenvalue weighted by Crippen LogP contribution is 2.31. The number of imidazole rings is 1. The fourth-order valence-electron chi connectivity index (χ4n) is 3.54. The first-order chi connectivity index (χ1) is 15.2. The van der Waals surface area contributed by atoms with Gasteiger partial charge in [0.1, 0.15) is 0 Å². The number of benzene rings is 2. The molecule has 0 spiro atoms. The average Bonchev–Trinajstić information content (AvgIpc) is 3.42. The molecule has 2 amide bonds. The molecule has 1 saturated carbocycles. The van der Waals surface area contributed by atoms with Crippen molar-refractivity contribution in [2.24, 2.45) is 5.92 Å². The Morgan fingerprint density at radius 2 is 1.87 bits per heavy atom. The second-order valence-electron chi connectivity index (χ2n) is 7.79. The number of nitrogens with one attached hydrogen (secondary N) is 2. The van der Waals surface area contributed by atoms with Gasteiger partial charge in [-0.3, -0.25) is 9.59 Å². The molecular formula is C24H22N4O2S. The van der Waals surface area contributed by atoms with Gasteiger partial charge in [0.2, 0.25) is 5.91 Å². The molecule has 1 aliphatic rings. The molecule has 0 atom stereocenters. The minimum atomic E-state index is -0.136. The summed E-state index contributed by atoms with van der Waals surface area (Å²) in [7, 11) is 0. The molecule has 2 heterocycles. The van der Waals surface area contributed by atoms with E-state index in [2.05, 4.69) is 38.4 Å². The van der Waals surface area contributed by atoms with E-state index in [1.54, 1.807) is 12.1 Å². The summed E-state index contributed by atoms with van der Waals surface area (Å²) in [5, 5.41) is 6.58. The third kappa shape index (κ3) is 4.51. The van der Waals surface area contributed by atoms with Crippen LogP contribution in [0.4, 0.5) is 5.00 Å². The van der Waals surface area contributed by atoms with Crippen LogP contribution in [-0.4, -0.2) is 21.4 Å². The van der Waals surface area contributed by atoms with Crippen molar-refractivity contribution in [1.82, 2.24) is 14.9 Å². The summed E-state index contributed by atoms with van der Waals surface area (Å²) in [4.78, 5) is 29.4. The van der Waals surface area contributed by atoms with Crippen LogP contribution in [0.25, 0.3) is 11.0 Å². The first-order valence-corrected chi connectivity index (χ1v) is 11.1. The Kier molecular flexibility index (Phi) is 5.26. The Morgan fingerprint density at radius 1 is 1.03 bits per heavy atom. The molecule has 2 aromatic heterocycles. The summed E-state index contributed by atoms with van der Waals surface area (Å²) in [5.74, 6) is 0.0613. The first-order valence-electron chi connectivity index (χ1n) is 10.3. The highest BCUT2D eigenvalue weighted by Gasteiger charge is 2.29. The predicted molar refractivity (Wildman–Crippen MR) is 122 cm³/mol. The topological polar surface area (TPSA) is 76.0 Å². The Labute approximate surface area is 183 Å². The second-order valence-corrected chi connectivity index (χ2v) is 8.88. The van der Waals surface area contributed by atoms with E-state index in [1.807, 2.05) is 36.7 Å². The van der Waals surface area contributed by atoms with Crippen molar-refractivity contribution >= 4 is 39.2 Å². The monoisotopic (exact) mass is 430 g/mol. The molecule has 7 heteroatoms. The highest BCUT2D eigenvalue weighted by atomic mass is 32.1. The largest absolute Gasteiger partial charge is 0.347 e. The van der Waals surface area contributed by atoms with Crippen LogP contribution in [0, 0.1) is 5.92 Å². The summed E-state index contributed by atoms with van der Waals surface area (Å²) in [6.07, 6.45) is 3.77. The lowest BCUT2D eigenvalue weighted by molar-refractivity contribution is -0.117. The number of aromatic nitrogens is 2. The lowest BCUT2D eigenvalue weighted by Gasteiger charge is -2.08. The van der Waals surface area contributed by atoms with Gasteiger partial charge in [-0.1, -0.05) is 36.4 Å². The summed E-state index contributed by atoms with van der Waals surface area (Å²) in [5.41, 5.74) is 4.27. The van der Waals surface area contributed by atoms with Crippen molar-refractivity contribution in [3.63, 3.8) is 0 Å². The van der Waals surface area contributed by atoms with Crippen molar-refractivity contribution in [2.45, 2.75) is 25.9 Å². The SMILES string of the molecule is O=C(NCc1cccc(Cn2cnc3ccccc32)c1)c1ccc(NC(=O)C2CC2)s1. The number of nitrogens with zero attached hydrogens (tertiary/aromatic N) is 2. The molecule has 4 aromatic rings. The van der Waals surface area contributed by atoms with E-state index >= 15 is 0 Å². The van der Waals surface area contributed by atoms with Gasteiger partial charge >= 0.3 is 0 Å². The summed E-state index contributed by atoms with van der Waals surface area (Å²) >= 11 is 1.30. The average molecular weight is 431 g/mol. The number of anilines is 1. The molecule has 0 bridgehead atoms. The molecule has 31 heavy (non-hydrogen) atoms. The normalized spacial score (nSPS) is 13.3. The predicted octanol–water partition coefficient (Wildman–Crippen LogP) is 4.42. The minimum absolute atomic E-state index is 0.0521. The molecule has 5 rings (SSSR count). The number of rotatable bonds is 7. The van der Waals surface area contributed by atoms with Crippen LogP contribution in [0.5, 0.6) is 0 Å². The number of para-hydroxylation sites is 2. The van der Waals surface area contributed by atoms with Crippen molar-refractivity contribution < 1.29 is 9.59 Å². The fourth-order valence-corrected chi connectivity index (χ4v) is 4.36. The molecular weight excluding hydrogens is 408 g/mol. The number of fused-ring (bicyclic) bond motifs is 1. The molecule has 0 radical (unpaired) electrons. The Balaban J connectivity index is 1.20. The van der Waals surface area contributed by atoms with Crippen molar-refractivity contribution in [2.75, 3.05) is 5.32 Å². The van der Waals surface area contributed by atoms with Gasteiger partial charge in [-0.15, -0.1) is 11.3 Å². The van der Waals surface area contributed by atoms with E-state index in [9.17, 15) is 9.59 Å². The van der Waals surface area contributed by atoms with E-state index < -0.39 is 0 Å². The van der Waals surface area contributed by atoms with Gasteiger partial charge in [-0.25, -0.2) is 4.98 Å². The number of hydrogen-bond acceptors (Lipinski definition) is 4. The van der Waals surface area contributed by atoms with Gasteiger partial charge < -0.3 is 15.2 Å². The van der Waals surface area contributed by atoms with Gasteiger partial charge in [0.05, 0.1) is 27.2 Å². The molecule has 6 nitrogen and oxygen atoms in total. The zero-order valence-electron chi connectivity index (χ0n) is 16.9. The van der Waals surface area contributed by atoms with Crippen LogP contribution in [0.3, 0.4) is 0 Å². The zero-order chi connectivity index (χ0) is 21.2. The molecule has 1 fully saturated rings. The number of hydrogen-bond donors (Lipinski definition) is 2. The van der Waals surface area contributed by atoms with E-state index in [0.717, 1.165) is 46.5 Å². The maximum absolute atomic E-state index is 12.5. The molecule has 0 aliphatic heterocycles. The van der Waals surface area contributed by atoms with Crippen LogP contribution in [0.1, 0.15) is 33.6 Å². The Morgan fingerprint density at radius 3 is 2.74 bits per heavy atom. The van der Waals surface area contributed by atoms with Crippen molar-refractivity contribution in [3.05, 3.63) is 83.0 Å². The minimum Gasteiger partial charge on any atom is -0.347 e. The molecule has 2 N–H and O–H groups in total. The zero-order valence-corrected chi connectivity index (χ0v) is 17.7. The van der Waals surface area contributed by atoms with Crippen molar-refractivity contribution in [1.29, 1.82) is 0 Å². The van der Waals surface area contributed by atoms with Crippen LogP contribution in [0.15, 0.2) is 67.0 Å². The number of amides is 2. The van der Waals surface area contributed by atoms with Crippen LogP contribution >= 0.6 is 11.3 Å².